The summed E-state index contributed by atoms with van der Waals surface area (Å²) in [6.07, 6.45) is 1.65. The molecule has 0 atom stereocenters. The first-order chi connectivity index (χ1) is 10.1. The highest BCUT2D eigenvalue weighted by Crippen LogP contribution is 2.24. The first-order valence-corrected chi connectivity index (χ1v) is 7.09. The lowest BCUT2D eigenvalue weighted by Crippen LogP contribution is -2.04. The van der Waals surface area contributed by atoms with Crippen molar-refractivity contribution in [2.45, 2.75) is 6.92 Å². The van der Waals surface area contributed by atoms with Gasteiger partial charge < -0.3 is 4.74 Å². The average Bonchev–Trinajstić information content (AvgIpc) is 2.85. The first-order valence-electron chi connectivity index (χ1n) is 6.30. The van der Waals surface area contributed by atoms with Crippen molar-refractivity contribution in [3.05, 3.63) is 52.4 Å². The molecular formula is C15H12BrN3O2. The van der Waals surface area contributed by atoms with E-state index in [1.54, 1.807) is 10.9 Å². The zero-order valence-corrected chi connectivity index (χ0v) is 13.1. The molecular weight excluding hydrogens is 334 g/mol. The number of nitrogens with zero attached hydrogens (tertiary/aromatic N) is 3. The molecule has 6 heteroatoms. The van der Waals surface area contributed by atoms with E-state index in [4.69, 9.17) is 4.74 Å². The van der Waals surface area contributed by atoms with E-state index >= 15 is 0 Å². The van der Waals surface area contributed by atoms with Gasteiger partial charge >= 0.3 is 5.97 Å². The predicted molar refractivity (Wildman–Crippen MR) is 82.6 cm³/mol. The van der Waals surface area contributed by atoms with Crippen LogP contribution >= 0.6 is 15.9 Å². The van der Waals surface area contributed by atoms with Crippen LogP contribution in [0.3, 0.4) is 0 Å². The molecule has 0 saturated heterocycles. The van der Waals surface area contributed by atoms with E-state index in [1.165, 1.54) is 7.11 Å². The summed E-state index contributed by atoms with van der Waals surface area (Å²) >= 11 is 3.44. The number of rotatable bonds is 2. The lowest BCUT2D eigenvalue weighted by molar-refractivity contribution is 0.0595. The molecule has 0 aliphatic heterocycles. The fourth-order valence-corrected chi connectivity index (χ4v) is 2.55. The normalized spacial score (nSPS) is 10.8. The quantitative estimate of drug-likeness (QED) is 0.669. The third-order valence-corrected chi connectivity index (χ3v) is 3.63. The van der Waals surface area contributed by atoms with Gasteiger partial charge in [-0.05, 0) is 31.2 Å². The van der Waals surface area contributed by atoms with Gasteiger partial charge in [-0.25, -0.2) is 9.48 Å². The van der Waals surface area contributed by atoms with Crippen molar-refractivity contribution in [2.75, 3.05) is 7.11 Å². The van der Waals surface area contributed by atoms with Gasteiger partial charge in [-0.15, -0.1) is 0 Å². The van der Waals surface area contributed by atoms with E-state index in [9.17, 15) is 4.79 Å². The predicted octanol–water partition coefficient (Wildman–Crippen LogP) is 3.28. The Morgan fingerprint density at radius 3 is 2.86 bits per heavy atom. The van der Waals surface area contributed by atoms with E-state index in [1.807, 2.05) is 37.3 Å². The fourth-order valence-electron chi connectivity index (χ4n) is 2.16. The molecule has 21 heavy (non-hydrogen) atoms. The molecule has 1 aromatic carbocycles. The summed E-state index contributed by atoms with van der Waals surface area (Å²) in [5.74, 6) is -0.473. The molecule has 0 saturated carbocycles. The van der Waals surface area contributed by atoms with E-state index in [0.29, 0.717) is 5.39 Å². The minimum atomic E-state index is -0.473. The summed E-state index contributed by atoms with van der Waals surface area (Å²) in [5.41, 5.74) is 2.80. The number of carbonyl (C=O) groups excluding carboxylic acids is 1. The second kappa shape index (κ2) is 5.29. The second-order valence-corrected chi connectivity index (χ2v) is 5.49. The first kappa shape index (κ1) is 13.8. The smallest absolute Gasteiger partial charge is 0.359 e. The standard InChI is InChI=1S/C15H12BrN3O2/c1-9-6-13-12(8-17-9)14(15(20)21-2)18-19(13)11-5-3-4-10(16)7-11/h3-8H,1-2H3. The Morgan fingerprint density at radius 1 is 1.33 bits per heavy atom. The maximum atomic E-state index is 11.9. The summed E-state index contributed by atoms with van der Waals surface area (Å²) in [6, 6.07) is 9.61. The third kappa shape index (κ3) is 2.42. The summed E-state index contributed by atoms with van der Waals surface area (Å²) in [5, 5.41) is 5.07. The Morgan fingerprint density at radius 2 is 2.14 bits per heavy atom. The summed E-state index contributed by atoms with van der Waals surface area (Å²) in [6.45, 7) is 1.90. The molecule has 0 aliphatic carbocycles. The Kier molecular flexibility index (Phi) is 3.47. The number of benzene rings is 1. The SMILES string of the molecule is COC(=O)c1nn(-c2cccc(Br)c2)c2cc(C)ncc12. The Bertz CT molecular complexity index is 842. The highest BCUT2D eigenvalue weighted by Gasteiger charge is 2.19. The lowest BCUT2D eigenvalue weighted by Gasteiger charge is -2.04. The Hall–Kier alpha value is -2.21. The van der Waals surface area contributed by atoms with Crippen LogP contribution in [-0.4, -0.2) is 27.8 Å². The van der Waals surface area contributed by atoms with Crippen LogP contribution < -0.4 is 0 Å². The number of carbonyl (C=O) groups is 1. The molecule has 0 radical (unpaired) electrons. The molecule has 3 aromatic rings. The van der Waals surface area contributed by atoms with Crippen LogP contribution in [0.5, 0.6) is 0 Å². The fraction of sp³-hybridized carbons (Fsp3) is 0.133. The Labute approximate surface area is 129 Å². The maximum absolute atomic E-state index is 11.9. The van der Waals surface area contributed by atoms with Crippen LogP contribution in [0.4, 0.5) is 0 Å². The zero-order chi connectivity index (χ0) is 15.0. The number of aromatic nitrogens is 3. The molecule has 0 spiro atoms. The van der Waals surface area contributed by atoms with Crippen molar-refractivity contribution in [1.82, 2.24) is 14.8 Å². The van der Waals surface area contributed by atoms with Gasteiger partial charge in [-0.2, -0.15) is 5.10 Å². The van der Waals surface area contributed by atoms with Gasteiger partial charge in [-0.3, -0.25) is 4.98 Å². The topological polar surface area (TPSA) is 57.0 Å². The molecule has 0 unspecified atom stereocenters. The monoisotopic (exact) mass is 345 g/mol. The van der Waals surface area contributed by atoms with Crippen LogP contribution in [-0.2, 0) is 4.74 Å². The van der Waals surface area contributed by atoms with Gasteiger partial charge in [0.25, 0.3) is 0 Å². The number of halogens is 1. The van der Waals surface area contributed by atoms with Crippen molar-refractivity contribution in [3.8, 4) is 5.69 Å². The minimum Gasteiger partial charge on any atom is -0.464 e. The minimum absolute atomic E-state index is 0.264. The number of aryl methyl sites for hydroxylation is 1. The highest BCUT2D eigenvalue weighted by molar-refractivity contribution is 9.10. The number of pyridine rings is 1. The molecule has 0 fully saturated rings. The molecule has 2 aromatic heterocycles. The van der Waals surface area contributed by atoms with Crippen LogP contribution in [0.1, 0.15) is 16.2 Å². The summed E-state index contributed by atoms with van der Waals surface area (Å²) in [7, 11) is 1.34. The van der Waals surface area contributed by atoms with Crippen molar-refractivity contribution in [3.63, 3.8) is 0 Å². The van der Waals surface area contributed by atoms with Gasteiger partial charge in [0.2, 0.25) is 0 Å². The van der Waals surface area contributed by atoms with Gasteiger partial charge in [0.1, 0.15) is 0 Å². The van der Waals surface area contributed by atoms with Crippen LogP contribution in [0.25, 0.3) is 16.6 Å². The number of methoxy groups -OCH3 is 1. The number of fused-ring (bicyclic) bond motifs is 1. The van der Waals surface area contributed by atoms with Crippen LogP contribution in [0.15, 0.2) is 41.0 Å². The third-order valence-electron chi connectivity index (χ3n) is 3.13. The molecule has 3 rings (SSSR count). The number of hydrogen-bond acceptors (Lipinski definition) is 4. The van der Waals surface area contributed by atoms with Crippen molar-refractivity contribution < 1.29 is 9.53 Å². The molecule has 5 nitrogen and oxygen atoms in total. The molecule has 2 heterocycles. The van der Waals surface area contributed by atoms with E-state index in [-0.39, 0.29) is 5.69 Å². The van der Waals surface area contributed by atoms with E-state index < -0.39 is 5.97 Å². The second-order valence-electron chi connectivity index (χ2n) is 4.57. The van der Waals surface area contributed by atoms with Crippen LogP contribution in [0, 0.1) is 6.92 Å². The lowest BCUT2D eigenvalue weighted by atomic mass is 10.2. The average molecular weight is 346 g/mol. The largest absolute Gasteiger partial charge is 0.464 e. The Balaban J connectivity index is 2.32. The van der Waals surface area contributed by atoms with Crippen molar-refractivity contribution in [2.24, 2.45) is 0 Å². The highest BCUT2D eigenvalue weighted by atomic mass is 79.9. The van der Waals surface area contributed by atoms with E-state index in [2.05, 4.69) is 26.0 Å². The molecule has 0 amide bonds. The summed E-state index contributed by atoms with van der Waals surface area (Å²) in [4.78, 5) is 16.1. The maximum Gasteiger partial charge on any atom is 0.359 e. The molecule has 0 aliphatic rings. The molecule has 0 N–H and O–H groups in total. The van der Waals surface area contributed by atoms with Crippen molar-refractivity contribution >= 4 is 32.8 Å². The number of esters is 1. The van der Waals surface area contributed by atoms with Gasteiger partial charge in [0.15, 0.2) is 5.69 Å². The van der Waals surface area contributed by atoms with Crippen LogP contribution in [0.2, 0.25) is 0 Å². The summed E-state index contributed by atoms with van der Waals surface area (Å²) < 4.78 is 7.46. The number of hydrogen-bond donors (Lipinski definition) is 0. The van der Waals surface area contributed by atoms with E-state index in [0.717, 1.165) is 21.4 Å². The zero-order valence-electron chi connectivity index (χ0n) is 11.5. The molecule has 106 valence electrons. The van der Waals surface area contributed by atoms with Gasteiger partial charge in [0, 0.05) is 16.4 Å². The van der Waals surface area contributed by atoms with Gasteiger partial charge in [0.05, 0.1) is 23.7 Å². The molecule has 0 bridgehead atoms. The van der Waals surface area contributed by atoms with Gasteiger partial charge in [-0.1, -0.05) is 22.0 Å². The van der Waals surface area contributed by atoms with Crippen molar-refractivity contribution in [1.29, 1.82) is 0 Å². The number of ether oxygens (including phenoxy) is 1.